The van der Waals surface area contributed by atoms with Crippen LogP contribution in [0.3, 0.4) is 0 Å². The summed E-state index contributed by atoms with van der Waals surface area (Å²) in [4.78, 5) is 12.8. The van der Waals surface area contributed by atoms with Crippen LogP contribution >= 0.6 is 0 Å². The van der Waals surface area contributed by atoms with Crippen molar-refractivity contribution in [3.05, 3.63) is 0 Å². The highest BCUT2D eigenvalue weighted by molar-refractivity contribution is 5.73. The zero-order chi connectivity index (χ0) is 10.3. The molecular formula is C11H23NO. The predicted molar refractivity (Wildman–Crippen MR) is 56.6 cm³/mol. The third-order valence-corrected chi connectivity index (χ3v) is 2.10. The van der Waals surface area contributed by atoms with E-state index in [1.54, 1.807) is 6.92 Å². The van der Waals surface area contributed by atoms with Crippen LogP contribution in [0.25, 0.3) is 0 Å². The van der Waals surface area contributed by atoms with Crippen molar-refractivity contribution >= 4 is 5.91 Å². The van der Waals surface area contributed by atoms with E-state index in [2.05, 4.69) is 20.8 Å². The molecule has 2 nitrogen and oxygen atoms in total. The molecule has 1 aliphatic rings. The lowest BCUT2D eigenvalue weighted by Gasteiger charge is -2.29. The summed E-state index contributed by atoms with van der Waals surface area (Å²) in [6, 6.07) is 0. The lowest BCUT2D eigenvalue weighted by atomic mass is 10.0. The highest BCUT2D eigenvalue weighted by atomic mass is 16.2. The van der Waals surface area contributed by atoms with E-state index in [4.69, 9.17) is 0 Å². The fourth-order valence-corrected chi connectivity index (χ4v) is 1.48. The van der Waals surface area contributed by atoms with E-state index in [0.29, 0.717) is 5.92 Å². The minimum atomic E-state index is 0.228. The van der Waals surface area contributed by atoms with E-state index in [0.717, 1.165) is 13.1 Å². The number of hydrogen-bond acceptors (Lipinski definition) is 1. The molecule has 1 heterocycles. The number of rotatable bonds is 0. The number of nitrogens with zero attached hydrogens (tertiary/aromatic N) is 1. The van der Waals surface area contributed by atoms with Gasteiger partial charge < -0.3 is 4.90 Å². The molecule has 0 spiro atoms. The number of likely N-dealkylation sites (tertiary alicyclic amines) is 1. The fourth-order valence-electron chi connectivity index (χ4n) is 1.48. The predicted octanol–water partition coefficient (Wildman–Crippen LogP) is 2.68. The minimum absolute atomic E-state index is 0.228. The molecule has 0 aliphatic carbocycles. The summed E-state index contributed by atoms with van der Waals surface area (Å²) >= 11 is 0. The van der Waals surface area contributed by atoms with Crippen molar-refractivity contribution in [2.45, 2.75) is 47.0 Å². The van der Waals surface area contributed by atoms with E-state index >= 15 is 0 Å². The summed E-state index contributed by atoms with van der Waals surface area (Å²) in [5, 5.41) is 0. The van der Waals surface area contributed by atoms with Crippen LogP contribution in [-0.4, -0.2) is 23.9 Å². The monoisotopic (exact) mass is 185 g/mol. The maximum absolute atomic E-state index is 10.9. The summed E-state index contributed by atoms with van der Waals surface area (Å²) in [5.41, 5.74) is 0. The Hall–Kier alpha value is -0.530. The van der Waals surface area contributed by atoms with Gasteiger partial charge in [-0.15, -0.1) is 0 Å². The van der Waals surface area contributed by atoms with E-state index in [9.17, 15) is 4.79 Å². The molecule has 1 rings (SSSR count). The largest absolute Gasteiger partial charge is 0.343 e. The Morgan fingerprint density at radius 1 is 1.46 bits per heavy atom. The third kappa shape index (κ3) is 5.67. The van der Waals surface area contributed by atoms with Gasteiger partial charge in [-0.25, -0.2) is 0 Å². The molecule has 1 unspecified atom stereocenters. The van der Waals surface area contributed by atoms with Gasteiger partial charge in [0.2, 0.25) is 5.91 Å². The second-order valence-corrected chi connectivity index (χ2v) is 3.92. The van der Waals surface area contributed by atoms with Crippen molar-refractivity contribution < 1.29 is 4.79 Å². The van der Waals surface area contributed by atoms with Gasteiger partial charge in [0.25, 0.3) is 0 Å². The zero-order valence-electron chi connectivity index (χ0n) is 9.47. The van der Waals surface area contributed by atoms with Crippen molar-refractivity contribution in [1.82, 2.24) is 4.90 Å². The first-order valence-electron chi connectivity index (χ1n) is 5.37. The average molecular weight is 185 g/mol. The highest BCUT2D eigenvalue weighted by Crippen LogP contribution is 2.14. The standard InChI is InChI=1S/C8H15NO.C3H8/c1-7-4-3-5-9(6-7)8(2)10;1-3-2/h7H,3-6H2,1-2H3;3H2,1-2H3. The normalized spacial score (nSPS) is 21.8. The molecule has 1 amide bonds. The first kappa shape index (κ1) is 12.5. The van der Waals surface area contributed by atoms with Crippen LogP contribution in [0.15, 0.2) is 0 Å². The maximum atomic E-state index is 10.9. The summed E-state index contributed by atoms with van der Waals surface area (Å²) in [7, 11) is 0. The number of carbonyl (C=O) groups is 1. The van der Waals surface area contributed by atoms with E-state index in [-0.39, 0.29) is 5.91 Å². The Morgan fingerprint density at radius 2 is 2.00 bits per heavy atom. The van der Waals surface area contributed by atoms with Crippen LogP contribution in [0.2, 0.25) is 0 Å². The highest BCUT2D eigenvalue weighted by Gasteiger charge is 2.17. The molecule has 1 aliphatic heterocycles. The number of carbonyl (C=O) groups excluding carboxylic acids is 1. The van der Waals surface area contributed by atoms with E-state index < -0.39 is 0 Å². The van der Waals surface area contributed by atoms with Crippen molar-refractivity contribution in [2.24, 2.45) is 5.92 Å². The molecule has 1 atom stereocenters. The van der Waals surface area contributed by atoms with Gasteiger partial charge in [0, 0.05) is 20.0 Å². The smallest absolute Gasteiger partial charge is 0.219 e. The Balaban J connectivity index is 0.000000424. The van der Waals surface area contributed by atoms with Crippen LogP contribution in [0.4, 0.5) is 0 Å². The lowest BCUT2D eigenvalue weighted by Crippen LogP contribution is -2.37. The number of hydrogen-bond donors (Lipinski definition) is 0. The van der Waals surface area contributed by atoms with Gasteiger partial charge in [0.1, 0.15) is 0 Å². The molecule has 0 saturated carbocycles. The van der Waals surface area contributed by atoms with Gasteiger partial charge in [-0.3, -0.25) is 4.79 Å². The van der Waals surface area contributed by atoms with Gasteiger partial charge in [0.15, 0.2) is 0 Å². The Labute approximate surface area is 82.3 Å². The Bertz CT molecular complexity index is 145. The molecule has 1 saturated heterocycles. The molecule has 0 aromatic rings. The van der Waals surface area contributed by atoms with Gasteiger partial charge in [-0.2, -0.15) is 0 Å². The molecule has 0 bridgehead atoms. The average Bonchev–Trinajstić information content (AvgIpc) is 2.05. The number of amides is 1. The van der Waals surface area contributed by atoms with Crippen LogP contribution in [-0.2, 0) is 4.79 Å². The first-order valence-corrected chi connectivity index (χ1v) is 5.37. The molecule has 2 heteroatoms. The molecular weight excluding hydrogens is 162 g/mol. The van der Waals surface area contributed by atoms with Gasteiger partial charge in [0.05, 0.1) is 0 Å². The van der Waals surface area contributed by atoms with Gasteiger partial charge in [-0.1, -0.05) is 27.2 Å². The minimum Gasteiger partial charge on any atom is -0.343 e. The van der Waals surface area contributed by atoms with Crippen molar-refractivity contribution in [1.29, 1.82) is 0 Å². The molecule has 78 valence electrons. The topological polar surface area (TPSA) is 20.3 Å². The van der Waals surface area contributed by atoms with Crippen LogP contribution in [0.1, 0.15) is 47.0 Å². The number of piperidine rings is 1. The Morgan fingerprint density at radius 3 is 2.31 bits per heavy atom. The SMILES string of the molecule is CC(=O)N1CCCC(C)C1.CCC. The van der Waals surface area contributed by atoms with Crippen molar-refractivity contribution in [2.75, 3.05) is 13.1 Å². The second-order valence-electron chi connectivity index (χ2n) is 3.92. The van der Waals surface area contributed by atoms with E-state index in [1.165, 1.54) is 19.3 Å². The van der Waals surface area contributed by atoms with Crippen molar-refractivity contribution in [3.63, 3.8) is 0 Å². The fraction of sp³-hybridized carbons (Fsp3) is 0.909. The molecule has 0 N–H and O–H groups in total. The zero-order valence-corrected chi connectivity index (χ0v) is 9.47. The summed E-state index contributed by atoms with van der Waals surface area (Å²) in [6.07, 6.45) is 3.71. The molecule has 0 aromatic carbocycles. The third-order valence-electron chi connectivity index (χ3n) is 2.10. The Kier molecular flexibility index (Phi) is 6.65. The first-order chi connectivity index (χ1) is 6.11. The quantitative estimate of drug-likeness (QED) is 0.568. The van der Waals surface area contributed by atoms with Gasteiger partial charge >= 0.3 is 0 Å². The molecule has 0 aromatic heterocycles. The van der Waals surface area contributed by atoms with E-state index in [1.807, 2.05) is 4.90 Å². The van der Waals surface area contributed by atoms with Crippen LogP contribution in [0, 0.1) is 5.92 Å². The lowest BCUT2D eigenvalue weighted by molar-refractivity contribution is -0.130. The molecule has 0 radical (unpaired) electrons. The molecule has 1 fully saturated rings. The van der Waals surface area contributed by atoms with Crippen molar-refractivity contribution in [3.8, 4) is 0 Å². The summed E-state index contributed by atoms with van der Waals surface area (Å²) in [6.45, 7) is 10.0. The maximum Gasteiger partial charge on any atom is 0.219 e. The van der Waals surface area contributed by atoms with Crippen LogP contribution < -0.4 is 0 Å². The van der Waals surface area contributed by atoms with Crippen LogP contribution in [0.5, 0.6) is 0 Å². The summed E-state index contributed by atoms with van der Waals surface area (Å²) in [5.74, 6) is 0.934. The molecule has 13 heavy (non-hydrogen) atoms. The van der Waals surface area contributed by atoms with Gasteiger partial charge in [-0.05, 0) is 18.8 Å². The second kappa shape index (κ2) is 6.93. The summed E-state index contributed by atoms with van der Waals surface area (Å²) < 4.78 is 0.